The van der Waals surface area contributed by atoms with Gasteiger partial charge in [-0.1, -0.05) is 117 Å². The van der Waals surface area contributed by atoms with Crippen molar-refractivity contribution in [1.82, 2.24) is 9.97 Å². The Morgan fingerprint density at radius 2 is 1.43 bits per heavy atom. The summed E-state index contributed by atoms with van der Waals surface area (Å²) in [6.07, 6.45) is 4.07. The first kappa shape index (κ1) is 36.1. The van der Waals surface area contributed by atoms with Crippen LogP contribution in [0.3, 0.4) is 0 Å². The molecule has 0 fully saturated rings. The smallest absolute Gasteiger partial charge is 0.120 e. The molecule has 0 aliphatic heterocycles. The fraction of sp³-hybridized carbons (Fsp3) is 0.263. The van der Waals surface area contributed by atoms with E-state index >= 15 is 0 Å². The SMILES string of the molecule is C[Si](C)[Si](c1ccc(-c2[c-]ccc3c2oc2ccccc23)nc1)([Si](C)(C)C)[Si](C)(C)C.Cc1c[c-]c(-c2cc(C)ccn2)cc1.[Ir]. The largest absolute Gasteiger partial charge is 0.501 e. The summed E-state index contributed by atoms with van der Waals surface area (Å²) < 4.78 is 6.24. The number of nitrogens with zero attached hydrogens (tertiary/aromatic N) is 2. The Hall–Kier alpha value is -2.72. The first-order chi connectivity index (χ1) is 21.2. The maximum atomic E-state index is 6.24. The van der Waals surface area contributed by atoms with E-state index < -0.39 is 30.1 Å². The third-order valence-corrected chi connectivity index (χ3v) is 72.7. The first-order valence-electron chi connectivity index (χ1n) is 15.7. The second kappa shape index (κ2) is 14.2. The Balaban J connectivity index is 0.000000268. The van der Waals surface area contributed by atoms with Crippen molar-refractivity contribution in [3.8, 4) is 22.5 Å². The van der Waals surface area contributed by atoms with Gasteiger partial charge in [0.25, 0.3) is 0 Å². The third-order valence-electron chi connectivity index (χ3n) is 8.95. The van der Waals surface area contributed by atoms with Crippen LogP contribution in [0.2, 0.25) is 52.4 Å². The summed E-state index contributed by atoms with van der Waals surface area (Å²) in [6.45, 7) is 23.4. The van der Waals surface area contributed by atoms with Crippen LogP contribution in [-0.4, -0.2) is 40.1 Å². The van der Waals surface area contributed by atoms with Crippen LogP contribution in [0.25, 0.3) is 44.5 Å². The molecule has 0 unspecified atom stereocenters. The van der Waals surface area contributed by atoms with Gasteiger partial charge in [-0.15, -0.1) is 53.6 Å². The molecule has 0 N–H and O–H groups in total. The molecular weight excluding hydrogens is 805 g/mol. The van der Waals surface area contributed by atoms with Crippen molar-refractivity contribution in [1.29, 1.82) is 0 Å². The molecule has 0 amide bonds. The molecule has 0 aliphatic rings. The zero-order valence-corrected chi connectivity index (χ0v) is 35.2. The fourth-order valence-corrected chi connectivity index (χ4v) is 87.2. The van der Waals surface area contributed by atoms with Gasteiger partial charge in [0.15, 0.2) is 0 Å². The predicted octanol–water partition coefficient (Wildman–Crippen LogP) is 9.93. The molecule has 46 heavy (non-hydrogen) atoms. The minimum atomic E-state index is -1.57. The van der Waals surface area contributed by atoms with Gasteiger partial charge in [0.05, 0.1) is 12.2 Å². The van der Waals surface area contributed by atoms with E-state index in [1.54, 1.807) is 5.19 Å². The van der Waals surface area contributed by atoms with E-state index in [0.717, 1.165) is 44.5 Å². The molecule has 0 atom stereocenters. The summed E-state index contributed by atoms with van der Waals surface area (Å²) in [7, 11) is -3.15. The van der Waals surface area contributed by atoms with Gasteiger partial charge in [-0.3, -0.25) is 0 Å². The van der Waals surface area contributed by atoms with Crippen molar-refractivity contribution in [2.24, 2.45) is 0 Å². The average Bonchev–Trinajstić information content (AvgIpc) is 3.36. The maximum Gasteiger partial charge on any atom is 0.120 e. The number of fused-ring (bicyclic) bond motifs is 3. The Morgan fingerprint density at radius 1 is 0.717 bits per heavy atom. The number of aromatic nitrogens is 2. The van der Waals surface area contributed by atoms with E-state index in [-0.39, 0.29) is 20.1 Å². The van der Waals surface area contributed by atoms with Gasteiger partial charge in [-0.05, 0) is 30.4 Å². The van der Waals surface area contributed by atoms with Crippen LogP contribution in [0.1, 0.15) is 11.1 Å². The number of furan rings is 1. The molecule has 3 heterocycles. The second-order valence-electron chi connectivity index (χ2n) is 14.4. The minimum Gasteiger partial charge on any atom is -0.501 e. The summed E-state index contributed by atoms with van der Waals surface area (Å²) in [5, 5.41) is 3.89. The van der Waals surface area contributed by atoms with E-state index in [2.05, 4.69) is 138 Å². The Morgan fingerprint density at radius 3 is 2.02 bits per heavy atom. The van der Waals surface area contributed by atoms with Crippen LogP contribution in [0.5, 0.6) is 0 Å². The molecule has 3 nitrogen and oxygen atoms in total. The van der Waals surface area contributed by atoms with Gasteiger partial charge in [0, 0.05) is 61.4 Å². The zero-order valence-electron chi connectivity index (χ0n) is 28.8. The number of benzene rings is 3. The Labute approximate surface area is 293 Å². The predicted molar refractivity (Wildman–Crippen MR) is 203 cm³/mol. The van der Waals surface area contributed by atoms with Gasteiger partial charge in [0.2, 0.25) is 0 Å². The average molecular weight is 850 g/mol. The van der Waals surface area contributed by atoms with Crippen molar-refractivity contribution in [2.75, 3.05) is 0 Å². The van der Waals surface area contributed by atoms with Crippen LogP contribution in [0, 0.1) is 26.0 Å². The van der Waals surface area contributed by atoms with E-state index in [1.165, 1.54) is 11.1 Å². The third kappa shape index (κ3) is 6.93. The monoisotopic (exact) mass is 850 g/mol. The van der Waals surface area contributed by atoms with Crippen molar-refractivity contribution in [2.45, 2.75) is 66.2 Å². The first-order valence-corrected chi connectivity index (χ1v) is 30.2. The van der Waals surface area contributed by atoms with Crippen LogP contribution in [0.15, 0.2) is 95.7 Å². The molecule has 0 bridgehead atoms. The second-order valence-corrected chi connectivity index (χ2v) is 50.7. The minimum absolute atomic E-state index is 0. The molecular formula is C38H45IrN2OSi4-2. The molecule has 0 spiro atoms. The molecule has 0 saturated carbocycles. The van der Waals surface area contributed by atoms with E-state index in [4.69, 9.17) is 9.40 Å². The number of para-hydroxylation sites is 1. The van der Waals surface area contributed by atoms with E-state index in [1.807, 2.05) is 36.5 Å². The van der Waals surface area contributed by atoms with E-state index in [0.29, 0.717) is 0 Å². The van der Waals surface area contributed by atoms with Crippen molar-refractivity contribution in [3.05, 3.63) is 115 Å². The molecule has 8 heteroatoms. The Bertz CT molecular complexity index is 1910. The van der Waals surface area contributed by atoms with Crippen molar-refractivity contribution < 1.29 is 24.5 Å². The normalized spacial score (nSPS) is 12.2. The van der Waals surface area contributed by atoms with Crippen LogP contribution < -0.4 is 5.19 Å². The molecule has 3 aromatic heterocycles. The zero-order chi connectivity index (χ0) is 32.6. The number of pyridine rings is 2. The summed E-state index contributed by atoms with van der Waals surface area (Å²) in [5.74, 6) is 0. The summed E-state index contributed by atoms with van der Waals surface area (Å²) in [5.41, 5.74) is 8.23. The number of hydrogen-bond donors (Lipinski definition) is 0. The summed E-state index contributed by atoms with van der Waals surface area (Å²) >= 11 is 0. The molecule has 2 radical (unpaired) electrons. The Kier molecular flexibility index (Phi) is 11.1. The summed E-state index contributed by atoms with van der Waals surface area (Å²) in [6, 6.07) is 33.8. The molecule has 3 aromatic carbocycles. The molecule has 240 valence electrons. The van der Waals surface area contributed by atoms with Gasteiger partial charge in [-0.2, -0.15) is 0 Å². The molecule has 0 aliphatic carbocycles. The summed E-state index contributed by atoms with van der Waals surface area (Å²) in [4.78, 5) is 9.36. The molecule has 6 aromatic rings. The number of hydrogen-bond acceptors (Lipinski definition) is 3. The van der Waals surface area contributed by atoms with Crippen molar-refractivity contribution >= 4 is 57.2 Å². The van der Waals surface area contributed by atoms with Gasteiger partial charge < -0.3 is 14.4 Å². The topological polar surface area (TPSA) is 38.9 Å². The quantitative estimate of drug-likeness (QED) is 0.124. The standard InChI is InChI=1S/C25H33NOSi4.C13H12N.Ir/c1-28(2)31(29(3,4)5,30(6,7)8)19-16-17-23(26-18-19)22-14-11-13-21-20-12-9-10-15-24(20)27-25(21)22;1-10-3-5-12(6-4-10)13-9-11(2)7-8-14-13;/h9-13,15-18H,1-8H3;3-5,7-9H,1-2H3;/q2*-1;. The van der Waals surface area contributed by atoms with Gasteiger partial charge in [-0.25, -0.2) is 0 Å². The van der Waals surface area contributed by atoms with E-state index in [9.17, 15) is 0 Å². The van der Waals surface area contributed by atoms with Crippen LogP contribution >= 0.6 is 0 Å². The van der Waals surface area contributed by atoms with Gasteiger partial charge >= 0.3 is 0 Å². The number of aryl methyl sites for hydroxylation is 2. The molecule has 0 saturated heterocycles. The maximum absolute atomic E-state index is 6.24. The van der Waals surface area contributed by atoms with Crippen LogP contribution in [-0.2, 0) is 20.1 Å². The van der Waals surface area contributed by atoms with Gasteiger partial charge in [0.1, 0.15) is 5.58 Å². The number of rotatable bonds is 6. The fourth-order valence-electron chi connectivity index (χ4n) is 7.77. The molecule has 6 rings (SSSR count). The van der Waals surface area contributed by atoms with Crippen LogP contribution in [0.4, 0.5) is 0 Å². The van der Waals surface area contributed by atoms with Crippen molar-refractivity contribution in [3.63, 3.8) is 0 Å².